The highest BCUT2D eigenvalue weighted by Crippen LogP contribution is 2.41. The van der Waals surface area contributed by atoms with Gasteiger partial charge in [-0.1, -0.05) is 20.3 Å². The highest BCUT2D eigenvalue weighted by atomic mass is 16.3. The maximum atomic E-state index is 10.2. The average Bonchev–Trinajstić information content (AvgIpc) is 2.47. The van der Waals surface area contributed by atoms with Gasteiger partial charge in [0.25, 0.3) is 0 Å². The smallest absolute Gasteiger partial charge is 0.0631 e. The molecule has 2 heteroatoms. The monoisotopic (exact) mass is 211 g/mol. The lowest BCUT2D eigenvalue weighted by atomic mass is 9.87. The molecule has 1 heterocycles. The minimum atomic E-state index is -0.0839. The minimum absolute atomic E-state index is 0.0839. The molecule has 1 N–H and O–H groups in total. The summed E-state index contributed by atoms with van der Waals surface area (Å²) in [7, 11) is 0. The molecule has 15 heavy (non-hydrogen) atoms. The molecule has 88 valence electrons. The summed E-state index contributed by atoms with van der Waals surface area (Å²) in [5.74, 6) is 0.526. The summed E-state index contributed by atoms with van der Waals surface area (Å²) < 4.78 is 0. The van der Waals surface area contributed by atoms with E-state index < -0.39 is 0 Å². The maximum Gasteiger partial charge on any atom is 0.0631 e. The molecule has 2 unspecified atom stereocenters. The SMILES string of the molecule is CC1(C)CCC(CN2CCCCC2)C1O. The van der Waals surface area contributed by atoms with Crippen molar-refractivity contribution in [3.63, 3.8) is 0 Å². The van der Waals surface area contributed by atoms with Crippen LogP contribution in [0.25, 0.3) is 0 Å². The van der Waals surface area contributed by atoms with Gasteiger partial charge in [-0.25, -0.2) is 0 Å². The minimum Gasteiger partial charge on any atom is -0.392 e. The van der Waals surface area contributed by atoms with Crippen molar-refractivity contribution in [2.45, 2.75) is 52.1 Å². The van der Waals surface area contributed by atoms with Crippen LogP contribution in [-0.2, 0) is 0 Å². The third-order valence-corrected chi connectivity index (χ3v) is 4.35. The fourth-order valence-electron chi connectivity index (χ4n) is 3.17. The number of piperidine rings is 1. The molecule has 2 atom stereocenters. The van der Waals surface area contributed by atoms with Gasteiger partial charge in [0.15, 0.2) is 0 Å². The van der Waals surface area contributed by atoms with Crippen LogP contribution in [0.1, 0.15) is 46.0 Å². The Bertz CT molecular complexity index is 209. The van der Waals surface area contributed by atoms with E-state index in [-0.39, 0.29) is 11.5 Å². The Morgan fingerprint density at radius 3 is 2.40 bits per heavy atom. The predicted octanol–water partition coefficient (Wildman–Crippen LogP) is 2.27. The molecule has 1 saturated carbocycles. The standard InChI is InChI=1S/C13H25NO/c1-13(2)7-6-11(12(13)15)10-14-8-4-3-5-9-14/h11-12,15H,3-10H2,1-2H3. The largest absolute Gasteiger partial charge is 0.392 e. The molecule has 0 amide bonds. The fourth-order valence-corrected chi connectivity index (χ4v) is 3.17. The van der Waals surface area contributed by atoms with Gasteiger partial charge in [0.1, 0.15) is 0 Å². The molecular weight excluding hydrogens is 186 g/mol. The van der Waals surface area contributed by atoms with Crippen molar-refractivity contribution in [1.29, 1.82) is 0 Å². The highest BCUT2D eigenvalue weighted by molar-refractivity contribution is 4.92. The quantitative estimate of drug-likeness (QED) is 0.757. The lowest BCUT2D eigenvalue weighted by molar-refractivity contribution is 0.0302. The topological polar surface area (TPSA) is 23.5 Å². The summed E-state index contributed by atoms with van der Waals surface area (Å²) >= 11 is 0. The number of hydrogen-bond acceptors (Lipinski definition) is 2. The van der Waals surface area contributed by atoms with Gasteiger partial charge >= 0.3 is 0 Å². The summed E-state index contributed by atoms with van der Waals surface area (Å²) in [4.78, 5) is 2.55. The number of likely N-dealkylation sites (tertiary alicyclic amines) is 1. The van der Waals surface area contributed by atoms with E-state index in [4.69, 9.17) is 0 Å². The van der Waals surface area contributed by atoms with E-state index in [0.717, 1.165) is 6.54 Å². The third-order valence-electron chi connectivity index (χ3n) is 4.35. The van der Waals surface area contributed by atoms with Crippen LogP contribution in [0, 0.1) is 11.3 Å². The van der Waals surface area contributed by atoms with Crippen molar-refractivity contribution in [1.82, 2.24) is 4.90 Å². The summed E-state index contributed by atoms with van der Waals surface area (Å²) in [5.41, 5.74) is 0.153. The Balaban J connectivity index is 1.84. The van der Waals surface area contributed by atoms with E-state index in [9.17, 15) is 5.11 Å². The van der Waals surface area contributed by atoms with E-state index in [1.807, 2.05) is 0 Å². The van der Waals surface area contributed by atoms with Crippen molar-refractivity contribution < 1.29 is 5.11 Å². The first-order valence-corrected chi connectivity index (χ1v) is 6.50. The molecule has 0 bridgehead atoms. The van der Waals surface area contributed by atoms with E-state index in [1.165, 1.54) is 45.2 Å². The number of aliphatic hydroxyl groups is 1. The zero-order chi connectivity index (χ0) is 10.9. The molecule has 2 aliphatic rings. The molecule has 1 aliphatic heterocycles. The van der Waals surface area contributed by atoms with Gasteiger partial charge in [-0.3, -0.25) is 0 Å². The van der Waals surface area contributed by atoms with Crippen molar-refractivity contribution >= 4 is 0 Å². The first-order chi connectivity index (χ1) is 7.09. The van der Waals surface area contributed by atoms with Crippen LogP contribution >= 0.6 is 0 Å². The Kier molecular flexibility index (Phi) is 3.36. The number of aliphatic hydroxyl groups excluding tert-OH is 1. The lowest BCUT2D eigenvalue weighted by Crippen LogP contribution is -2.38. The Hall–Kier alpha value is -0.0800. The molecule has 1 aliphatic carbocycles. The van der Waals surface area contributed by atoms with Gasteiger partial charge in [-0.05, 0) is 50.1 Å². The van der Waals surface area contributed by atoms with Gasteiger partial charge < -0.3 is 10.0 Å². The molecule has 2 nitrogen and oxygen atoms in total. The maximum absolute atomic E-state index is 10.2. The summed E-state index contributed by atoms with van der Waals surface area (Å²) in [6.07, 6.45) is 6.42. The number of rotatable bonds is 2. The summed E-state index contributed by atoms with van der Waals surface area (Å²) in [5, 5.41) is 10.2. The van der Waals surface area contributed by atoms with Crippen molar-refractivity contribution in [3.8, 4) is 0 Å². The zero-order valence-electron chi connectivity index (χ0n) is 10.2. The second-order valence-electron chi connectivity index (χ2n) is 6.09. The molecule has 0 aromatic rings. The highest BCUT2D eigenvalue weighted by Gasteiger charge is 2.41. The van der Waals surface area contributed by atoms with Gasteiger partial charge in [0, 0.05) is 6.54 Å². The van der Waals surface area contributed by atoms with Crippen LogP contribution in [0.15, 0.2) is 0 Å². The molecule has 2 rings (SSSR count). The van der Waals surface area contributed by atoms with Crippen LogP contribution in [0.3, 0.4) is 0 Å². The summed E-state index contributed by atoms with van der Waals surface area (Å²) in [6.45, 7) is 8.04. The molecule has 2 fully saturated rings. The molecule has 0 spiro atoms. The molecule has 0 radical (unpaired) electrons. The van der Waals surface area contributed by atoms with Gasteiger partial charge in [-0.2, -0.15) is 0 Å². The number of nitrogens with zero attached hydrogens (tertiary/aromatic N) is 1. The van der Waals surface area contributed by atoms with Crippen LogP contribution in [0.5, 0.6) is 0 Å². The Morgan fingerprint density at radius 2 is 1.87 bits per heavy atom. The lowest BCUT2D eigenvalue weighted by Gasteiger charge is -2.32. The Morgan fingerprint density at radius 1 is 1.20 bits per heavy atom. The van der Waals surface area contributed by atoms with Gasteiger partial charge in [0.2, 0.25) is 0 Å². The van der Waals surface area contributed by atoms with Gasteiger partial charge in [-0.15, -0.1) is 0 Å². The van der Waals surface area contributed by atoms with Crippen LogP contribution in [0.4, 0.5) is 0 Å². The van der Waals surface area contributed by atoms with Crippen LogP contribution in [0.2, 0.25) is 0 Å². The normalized spacial score (nSPS) is 37.0. The molecule has 1 saturated heterocycles. The fraction of sp³-hybridized carbons (Fsp3) is 1.00. The van der Waals surface area contributed by atoms with Crippen molar-refractivity contribution in [2.24, 2.45) is 11.3 Å². The van der Waals surface area contributed by atoms with E-state index in [2.05, 4.69) is 18.7 Å². The molecule has 0 aromatic heterocycles. The average molecular weight is 211 g/mol. The second-order valence-corrected chi connectivity index (χ2v) is 6.09. The van der Waals surface area contributed by atoms with E-state index in [0.29, 0.717) is 5.92 Å². The van der Waals surface area contributed by atoms with Crippen LogP contribution in [-0.4, -0.2) is 35.7 Å². The first kappa shape index (κ1) is 11.4. The molecular formula is C13H25NO. The number of hydrogen-bond donors (Lipinski definition) is 1. The molecule has 0 aromatic carbocycles. The third kappa shape index (κ3) is 2.54. The zero-order valence-corrected chi connectivity index (χ0v) is 10.2. The first-order valence-electron chi connectivity index (χ1n) is 6.50. The van der Waals surface area contributed by atoms with E-state index in [1.54, 1.807) is 0 Å². The second kappa shape index (κ2) is 4.42. The predicted molar refractivity (Wildman–Crippen MR) is 62.8 cm³/mol. The van der Waals surface area contributed by atoms with E-state index >= 15 is 0 Å². The summed E-state index contributed by atoms with van der Waals surface area (Å²) in [6, 6.07) is 0. The van der Waals surface area contributed by atoms with Crippen molar-refractivity contribution in [3.05, 3.63) is 0 Å². The Labute approximate surface area is 93.7 Å². The van der Waals surface area contributed by atoms with Crippen molar-refractivity contribution in [2.75, 3.05) is 19.6 Å². The van der Waals surface area contributed by atoms with Gasteiger partial charge in [0.05, 0.1) is 6.10 Å². The van der Waals surface area contributed by atoms with Crippen LogP contribution < -0.4 is 0 Å².